The largest absolute Gasteiger partial charge is 0.364 e. The van der Waals surface area contributed by atoms with Gasteiger partial charge in [0.15, 0.2) is 0 Å². The average molecular weight is 391 g/mol. The number of hydrogen-bond donors (Lipinski definition) is 1. The summed E-state index contributed by atoms with van der Waals surface area (Å²) in [6, 6.07) is 6.66. The van der Waals surface area contributed by atoms with Crippen molar-refractivity contribution in [2.24, 2.45) is 0 Å². The number of hydrogen-bond acceptors (Lipinski definition) is 4. The number of benzene rings is 1. The van der Waals surface area contributed by atoms with Crippen LogP contribution in [0.2, 0.25) is 10.0 Å². The summed E-state index contributed by atoms with van der Waals surface area (Å²) in [5, 5.41) is 15.1. The van der Waals surface area contributed by atoms with E-state index in [1.165, 1.54) is 12.3 Å². The average Bonchev–Trinajstić information content (AvgIpc) is 2.42. The van der Waals surface area contributed by atoms with Crippen molar-refractivity contribution in [1.82, 2.24) is 4.98 Å². The van der Waals surface area contributed by atoms with E-state index in [0.29, 0.717) is 27.5 Å². The fraction of sp³-hybridized carbons (Fsp3) is 0.154. The van der Waals surface area contributed by atoms with Gasteiger partial charge in [-0.3, -0.25) is 10.1 Å². The normalized spacial score (nSPS) is 10.4. The SMILES string of the molecule is O=[N+]([O-])c1cc(Br)cnc1NCCc1ccc(Cl)cc1Cl. The van der Waals surface area contributed by atoms with Gasteiger partial charge in [0.1, 0.15) is 0 Å². The van der Waals surface area contributed by atoms with Crippen LogP contribution in [0.1, 0.15) is 5.56 Å². The lowest BCUT2D eigenvalue weighted by molar-refractivity contribution is -0.384. The first kappa shape index (κ1) is 16.0. The van der Waals surface area contributed by atoms with Crippen molar-refractivity contribution in [3.8, 4) is 0 Å². The molecule has 0 radical (unpaired) electrons. The number of nitrogens with one attached hydrogen (secondary N) is 1. The van der Waals surface area contributed by atoms with E-state index in [-0.39, 0.29) is 11.5 Å². The summed E-state index contributed by atoms with van der Waals surface area (Å²) in [6.45, 7) is 0.469. The van der Waals surface area contributed by atoms with Gasteiger partial charge in [-0.2, -0.15) is 0 Å². The Labute approximate surface area is 139 Å². The molecule has 0 aliphatic carbocycles. The molecule has 1 N–H and O–H groups in total. The Morgan fingerprint density at radius 3 is 2.76 bits per heavy atom. The number of pyridine rings is 1. The molecule has 5 nitrogen and oxygen atoms in total. The lowest BCUT2D eigenvalue weighted by Gasteiger charge is -2.08. The molecule has 1 aromatic heterocycles. The first-order valence-corrected chi connectivity index (χ1v) is 7.50. The molecule has 0 spiro atoms. The topological polar surface area (TPSA) is 68.1 Å². The van der Waals surface area contributed by atoms with E-state index < -0.39 is 4.92 Å². The van der Waals surface area contributed by atoms with Crippen LogP contribution in [-0.4, -0.2) is 16.5 Å². The van der Waals surface area contributed by atoms with E-state index in [4.69, 9.17) is 23.2 Å². The Kier molecular flexibility index (Phi) is 5.39. The molecule has 8 heteroatoms. The monoisotopic (exact) mass is 389 g/mol. The first-order chi connectivity index (χ1) is 9.97. The fourth-order valence-electron chi connectivity index (χ4n) is 1.74. The molecular formula is C13H10BrCl2N3O2. The zero-order valence-corrected chi connectivity index (χ0v) is 13.7. The molecule has 0 atom stereocenters. The lowest BCUT2D eigenvalue weighted by atomic mass is 10.1. The van der Waals surface area contributed by atoms with Crippen LogP contribution in [-0.2, 0) is 6.42 Å². The van der Waals surface area contributed by atoms with Crippen LogP contribution in [0.5, 0.6) is 0 Å². The standard InChI is InChI=1S/C13H10BrCl2N3O2/c14-9-5-12(19(20)21)13(18-7-9)17-4-3-8-1-2-10(15)6-11(8)16/h1-2,5-7H,3-4H2,(H,17,18). The Morgan fingerprint density at radius 1 is 1.33 bits per heavy atom. The molecular weight excluding hydrogens is 381 g/mol. The third kappa shape index (κ3) is 4.30. The number of aromatic nitrogens is 1. The molecule has 0 amide bonds. The van der Waals surface area contributed by atoms with E-state index in [0.717, 1.165) is 5.56 Å². The van der Waals surface area contributed by atoms with Crippen molar-refractivity contribution >= 4 is 50.6 Å². The summed E-state index contributed by atoms with van der Waals surface area (Å²) in [5.41, 5.74) is 0.833. The summed E-state index contributed by atoms with van der Waals surface area (Å²) >= 11 is 15.1. The number of nitro groups is 1. The number of rotatable bonds is 5. The van der Waals surface area contributed by atoms with E-state index in [1.54, 1.807) is 12.1 Å². The maximum absolute atomic E-state index is 11.0. The predicted octanol–water partition coefficient (Wildman–Crippen LogP) is 4.71. The molecule has 0 fully saturated rings. The highest BCUT2D eigenvalue weighted by Gasteiger charge is 2.15. The van der Waals surface area contributed by atoms with Gasteiger partial charge in [0.2, 0.25) is 5.82 Å². The molecule has 110 valence electrons. The smallest absolute Gasteiger partial charge is 0.312 e. The van der Waals surface area contributed by atoms with Crippen LogP contribution < -0.4 is 5.32 Å². The Balaban J connectivity index is 2.05. The van der Waals surface area contributed by atoms with Crippen molar-refractivity contribution in [1.29, 1.82) is 0 Å². The predicted molar refractivity (Wildman–Crippen MR) is 87.2 cm³/mol. The van der Waals surface area contributed by atoms with Gasteiger partial charge in [0.25, 0.3) is 0 Å². The Bertz CT molecular complexity index is 682. The van der Waals surface area contributed by atoms with Crippen molar-refractivity contribution in [2.45, 2.75) is 6.42 Å². The van der Waals surface area contributed by atoms with Crippen LogP contribution in [0, 0.1) is 10.1 Å². The van der Waals surface area contributed by atoms with Gasteiger partial charge >= 0.3 is 5.69 Å². The molecule has 0 bridgehead atoms. The quantitative estimate of drug-likeness (QED) is 0.592. The van der Waals surface area contributed by atoms with Crippen molar-refractivity contribution in [3.63, 3.8) is 0 Å². The Morgan fingerprint density at radius 2 is 2.10 bits per heavy atom. The summed E-state index contributed by atoms with van der Waals surface area (Å²) in [7, 11) is 0. The third-order valence-electron chi connectivity index (χ3n) is 2.73. The third-order valence-corrected chi connectivity index (χ3v) is 3.75. The highest BCUT2D eigenvalue weighted by molar-refractivity contribution is 9.10. The molecule has 0 aliphatic heterocycles. The second-order valence-electron chi connectivity index (χ2n) is 4.19. The summed E-state index contributed by atoms with van der Waals surface area (Å²) < 4.78 is 0.556. The maximum Gasteiger partial charge on any atom is 0.312 e. The minimum Gasteiger partial charge on any atom is -0.364 e. The highest BCUT2D eigenvalue weighted by atomic mass is 79.9. The summed E-state index contributed by atoms with van der Waals surface area (Å²) in [5.74, 6) is 0.230. The first-order valence-electron chi connectivity index (χ1n) is 5.95. The van der Waals surface area contributed by atoms with Gasteiger partial charge < -0.3 is 5.32 Å². The Hall–Kier alpha value is -1.37. The van der Waals surface area contributed by atoms with Crippen LogP contribution in [0.3, 0.4) is 0 Å². The van der Waals surface area contributed by atoms with E-state index in [2.05, 4.69) is 26.2 Å². The van der Waals surface area contributed by atoms with Crippen LogP contribution >= 0.6 is 39.1 Å². The van der Waals surface area contributed by atoms with Crippen molar-refractivity contribution in [2.75, 3.05) is 11.9 Å². The van der Waals surface area contributed by atoms with Crippen molar-refractivity contribution in [3.05, 3.63) is 60.7 Å². The number of anilines is 1. The van der Waals surface area contributed by atoms with E-state index in [1.807, 2.05) is 6.07 Å². The lowest BCUT2D eigenvalue weighted by Crippen LogP contribution is -2.08. The van der Waals surface area contributed by atoms with Gasteiger partial charge in [-0.1, -0.05) is 29.3 Å². The van der Waals surface area contributed by atoms with Gasteiger partial charge in [-0.25, -0.2) is 4.98 Å². The van der Waals surface area contributed by atoms with Gasteiger partial charge in [-0.05, 0) is 40.0 Å². The van der Waals surface area contributed by atoms with Gasteiger partial charge in [0.05, 0.1) is 4.92 Å². The molecule has 0 saturated heterocycles. The van der Waals surface area contributed by atoms with Crippen LogP contribution in [0.4, 0.5) is 11.5 Å². The molecule has 1 aromatic carbocycles. The van der Waals surface area contributed by atoms with Crippen LogP contribution in [0.15, 0.2) is 34.9 Å². The molecule has 2 aromatic rings. The summed E-state index contributed by atoms with van der Waals surface area (Å²) in [4.78, 5) is 14.5. The van der Waals surface area contributed by atoms with Gasteiger partial charge in [0, 0.05) is 33.3 Å². The van der Waals surface area contributed by atoms with Crippen LogP contribution in [0.25, 0.3) is 0 Å². The minimum atomic E-state index is -0.477. The van der Waals surface area contributed by atoms with E-state index in [9.17, 15) is 10.1 Å². The fourth-order valence-corrected chi connectivity index (χ4v) is 2.57. The van der Waals surface area contributed by atoms with E-state index >= 15 is 0 Å². The molecule has 0 unspecified atom stereocenters. The van der Waals surface area contributed by atoms with Crippen molar-refractivity contribution < 1.29 is 4.92 Å². The second-order valence-corrected chi connectivity index (χ2v) is 5.95. The maximum atomic E-state index is 11.0. The highest BCUT2D eigenvalue weighted by Crippen LogP contribution is 2.26. The molecule has 21 heavy (non-hydrogen) atoms. The molecule has 0 saturated carbocycles. The molecule has 0 aliphatic rings. The van der Waals surface area contributed by atoms with Gasteiger partial charge in [-0.15, -0.1) is 0 Å². The summed E-state index contributed by atoms with van der Waals surface area (Å²) in [6.07, 6.45) is 2.11. The number of halogens is 3. The molecule has 1 heterocycles. The zero-order chi connectivity index (χ0) is 15.4. The zero-order valence-electron chi connectivity index (χ0n) is 10.6. The second kappa shape index (κ2) is 7.06. The number of nitrogens with zero attached hydrogens (tertiary/aromatic N) is 2. The minimum absolute atomic E-state index is 0.0772. The molecule has 2 rings (SSSR count).